The van der Waals surface area contributed by atoms with Gasteiger partial charge in [-0.3, -0.25) is 9.59 Å². The molecule has 4 N–H and O–H groups in total. The molecule has 0 aromatic rings. The summed E-state index contributed by atoms with van der Waals surface area (Å²) in [7, 11) is 0. The molecule has 1 saturated heterocycles. The average Bonchev–Trinajstić information content (AvgIpc) is 2.51. The highest BCUT2D eigenvalue weighted by atomic mass is 32.2. The molecule has 0 bridgehead atoms. The summed E-state index contributed by atoms with van der Waals surface area (Å²) in [6.45, 7) is 2.22. The average molecular weight is 203 g/mol. The van der Waals surface area contributed by atoms with Crippen molar-refractivity contribution in [2.75, 3.05) is 12.3 Å². The first-order chi connectivity index (χ1) is 6.13. The minimum absolute atomic E-state index is 0.0463. The summed E-state index contributed by atoms with van der Waals surface area (Å²) in [5, 5.41) is 5.12. The van der Waals surface area contributed by atoms with E-state index in [0.29, 0.717) is 12.3 Å². The van der Waals surface area contributed by atoms with E-state index in [1.165, 1.54) is 0 Å². The predicted octanol–water partition coefficient (Wildman–Crippen LogP) is -0.725. The monoisotopic (exact) mass is 203 g/mol. The van der Waals surface area contributed by atoms with Crippen molar-refractivity contribution in [2.45, 2.75) is 19.0 Å². The highest BCUT2D eigenvalue weighted by Crippen LogP contribution is 2.12. The second-order valence-corrected chi connectivity index (χ2v) is 3.93. The Morgan fingerprint density at radius 1 is 1.92 bits per heavy atom. The molecule has 0 radical (unpaired) electrons. The van der Waals surface area contributed by atoms with Crippen molar-refractivity contribution >= 4 is 22.9 Å². The fraction of sp³-hybridized carbons (Fsp3) is 0.714. The fourth-order valence-corrected chi connectivity index (χ4v) is 1.71. The van der Waals surface area contributed by atoms with E-state index < -0.39 is 6.04 Å². The molecule has 0 aliphatic carbocycles. The van der Waals surface area contributed by atoms with Crippen LogP contribution < -0.4 is 16.4 Å². The Morgan fingerprint density at radius 2 is 2.62 bits per heavy atom. The lowest BCUT2D eigenvalue weighted by atomic mass is 10.2. The van der Waals surface area contributed by atoms with Crippen LogP contribution in [0, 0.1) is 0 Å². The van der Waals surface area contributed by atoms with Crippen LogP contribution in [0.25, 0.3) is 0 Å². The second-order valence-electron chi connectivity index (χ2n) is 2.94. The summed E-state index contributed by atoms with van der Waals surface area (Å²) < 4.78 is 0. The number of hydrogen-bond donors (Lipinski definition) is 3. The zero-order valence-corrected chi connectivity index (χ0v) is 8.19. The van der Waals surface area contributed by atoms with Crippen LogP contribution in [0.3, 0.4) is 0 Å². The Bertz CT molecular complexity index is 222. The highest BCUT2D eigenvalue weighted by molar-refractivity contribution is 8.14. The fourth-order valence-electron chi connectivity index (χ4n) is 0.928. The molecule has 5 nitrogen and oxygen atoms in total. The third kappa shape index (κ3) is 2.89. The van der Waals surface area contributed by atoms with Crippen LogP contribution in [0.1, 0.15) is 6.92 Å². The van der Waals surface area contributed by atoms with Crippen molar-refractivity contribution in [1.82, 2.24) is 10.6 Å². The van der Waals surface area contributed by atoms with E-state index in [2.05, 4.69) is 10.6 Å². The van der Waals surface area contributed by atoms with Gasteiger partial charge in [0, 0.05) is 18.3 Å². The highest BCUT2D eigenvalue weighted by Gasteiger charge is 2.28. The van der Waals surface area contributed by atoms with E-state index in [4.69, 9.17) is 5.73 Å². The molecule has 1 heterocycles. The van der Waals surface area contributed by atoms with Crippen molar-refractivity contribution in [3.05, 3.63) is 0 Å². The predicted molar refractivity (Wildman–Crippen MR) is 51.4 cm³/mol. The van der Waals surface area contributed by atoms with Crippen molar-refractivity contribution in [2.24, 2.45) is 5.73 Å². The van der Waals surface area contributed by atoms with Crippen molar-refractivity contribution in [3.63, 3.8) is 0 Å². The molecule has 0 unspecified atom stereocenters. The van der Waals surface area contributed by atoms with Crippen molar-refractivity contribution in [1.29, 1.82) is 0 Å². The molecule has 2 amide bonds. The summed E-state index contributed by atoms with van der Waals surface area (Å²) in [5.41, 5.74) is 5.34. The van der Waals surface area contributed by atoms with E-state index in [1.54, 1.807) is 0 Å². The van der Waals surface area contributed by atoms with Gasteiger partial charge in [0.15, 0.2) is 0 Å². The van der Waals surface area contributed by atoms with E-state index in [0.717, 1.165) is 11.8 Å². The van der Waals surface area contributed by atoms with Gasteiger partial charge < -0.3 is 16.4 Å². The summed E-state index contributed by atoms with van der Waals surface area (Å²) in [6.07, 6.45) is 0. The van der Waals surface area contributed by atoms with Gasteiger partial charge in [0.2, 0.25) is 5.91 Å². The van der Waals surface area contributed by atoms with Crippen LogP contribution in [0.15, 0.2) is 0 Å². The molecule has 1 fully saturated rings. The first-order valence-corrected chi connectivity index (χ1v) is 5.05. The Morgan fingerprint density at radius 3 is 3.08 bits per heavy atom. The molecule has 0 saturated carbocycles. The Kier molecular flexibility index (Phi) is 3.56. The zero-order valence-electron chi connectivity index (χ0n) is 7.37. The van der Waals surface area contributed by atoms with Crippen molar-refractivity contribution in [3.8, 4) is 0 Å². The SMILES string of the molecule is C[C@@H](CN)NC(=O)[C@@H]1CSC(=O)N1. The molecule has 2 atom stereocenters. The van der Waals surface area contributed by atoms with Crippen LogP contribution >= 0.6 is 11.8 Å². The first-order valence-electron chi connectivity index (χ1n) is 4.07. The maximum atomic E-state index is 11.4. The molecule has 0 aromatic heterocycles. The number of nitrogens with two attached hydrogens (primary N) is 1. The normalized spacial score (nSPS) is 23.8. The van der Waals surface area contributed by atoms with Gasteiger partial charge in [0.25, 0.3) is 5.24 Å². The number of amides is 2. The van der Waals surface area contributed by atoms with Gasteiger partial charge >= 0.3 is 0 Å². The van der Waals surface area contributed by atoms with Gasteiger partial charge in [-0.25, -0.2) is 0 Å². The minimum Gasteiger partial charge on any atom is -0.351 e. The molecule has 1 aliphatic heterocycles. The molecule has 74 valence electrons. The lowest BCUT2D eigenvalue weighted by Gasteiger charge is -2.14. The number of carbonyl (C=O) groups excluding carboxylic acids is 2. The number of thioether (sulfide) groups is 1. The van der Waals surface area contributed by atoms with Crippen LogP contribution in [-0.4, -0.2) is 35.5 Å². The van der Waals surface area contributed by atoms with E-state index >= 15 is 0 Å². The van der Waals surface area contributed by atoms with Gasteiger partial charge in [-0.05, 0) is 6.92 Å². The van der Waals surface area contributed by atoms with Gasteiger partial charge in [-0.2, -0.15) is 0 Å². The third-order valence-electron chi connectivity index (χ3n) is 1.73. The summed E-state index contributed by atoms with van der Waals surface area (Å²) >= 11 is 1.13. The van der Waals surface area contributed by atoms with Crippen LogP contribution in [0.2, 0.25) is 0 Å². The van der Waals surface area contributed by atoms with E-state index in [-0.39, 0.29) is 17.2 Å². The number of nitrogens with one attached hydrogen (secondary N) is 2. The molecule has 6 heteroatoms. The molecule has 13 heavy (non-hydrogen) atoms. The van der Waals surface area contributed by atoms with Crippen LogP contribution in [0.5, 0.6) is 0 Å². The Balaban J connectivity index is 2.35. The molecule has 1 aliphatic rings. The number of rotatable bonds is 3. The largest absolute Gasteiger partial charge is 0.351 e. The smallest absolute Gasteiger partial charge is 0.279 e. The zero-order chi connectivity index (χ0) is 9.84. The molecule has 1 rings (SSSR count). The van der Waals surface area contributed by atoms with Crippen LogP contribution in [-0.2, 0) is 4.79 Å². The van der Waals surface area contributed by atoms with E-state index in [9.17, 15) is 9.59 Å². The second kappa shape index (κ2) is 4.48. The third-order valence-corrected chi connectivity index (χ3v) is 2.61. The maximum Gasteiger partial charge on any atom is 0.279 e. The molecule has 0 spiro atoms. The number of carbonyl (C=O) groups is 2. The Hall–Kier alpha value is -0.750. The minimum atomic E-state index is -0.397. The topological polar surface area (TPSA) is 84.2 Å². The molecular formula is C7H13N3O2S. The summed E-state index contributed by atoms with van der Waals surface area (Å²) in [6, 6.07) is -0.443. The van der Waals surface area contributed by atoms with Gasteiger partial charge in [0.05, 0.1) is 0 Å². The quantitative estimate of drug-likeness (QED) is 0.565. The van der Waals surface area contributed by atoms with Crippen LogP contribution in [0.4, 0.5) is 4.79 Å². The lowest BCUT2D eigenvalue weighted by Crippen LogP contribution is -2.48. The van der Waals surface area contributed by atoms with Gasteiger partial charge in [0.1, 0.15) is 6.04 Å². The summed E-state index contributed by atoms with van der Waals surface area (Å²) in [4.78, 5) is 22.1. The van der Waals surface area contributed by atoms with E-state index in [1.807, 2.05) is 6.92 Å². The maximum absolute atomic E-state index is 11.4. The standard InChI is InChI=1S/C7H13N3O2S/c1-4(2-8)9-6(11)5-3-13-7(12)10-5/h4-5H,2-3,8H2,1H3,(H,9,11)(H,10,12)/t4-,5-/m0/s1. The molecule has 0 aromatic carbocycles. The first kappa shape index (κ1) is 10.3. The lowest BCUT2D eigenvalue weighted by molar-refractivity contribution is -0.122. The molecular weight excluding hydrogens is 190 g/mol. The Labute approximate surface area is 80.8 Å². The number of hydrogen-bond acceptors (Lipinski definition) is 4. The van der Waals surface area contributed by atoms with Gasteiger partial charge in [-0.1, -0.05) is 11.8 Å². The summed E-state index contributed by atoms with van der Waals surface area (Å²) in [5.74, 6) is 0.346. The van der Waals surface area contributed by atoms with Crippen molar-refractivity contribution < 1.29 is 9.59 Å². The van der Waals surface area contributed by atoms with Gasteiger partial charge in [-0.15, -0.1) is 0 Å².